The van der Waals surface area contributed by atoms with Crippen molar-refractivity contribution in [1.29, 1.82) is 0 Å². The fourth-order valence-electron chi connectivity index (χ4n) is 1.41. The Labute approximate surface area is 118 Å². The molecular weight excluding hydrogens is 256 g/mol. The third-order valence-corrected chi connectivity index (χ3v) is 2.28. The molecule has 0 fully saturated rings. The molecule has 0 saturated heterocycles. The van der Waals surface area contributed by atoms with Crippen LogP contribution >= 0.6 is 0 Å². The van der Waals surface area contributed by atoms with Gasteiger partial charge in [-0.25, -0.2) is 4.79 Å². The Hall–Kier alpha value is -2.56. The van der Waals surface area contributed by atoms with Crippen LogP contribution in [0.2, 0.25) is 0 Å². The van der Waals surface area contributed by atoms with Crippen LogP contribution in [0.3, 0.4) is 0 Å². The van der Waals surface area contributed by atoms with Gasteiger partial charge in [0.2, 0.25) is 5.91 Å². The van der Waals surface area contributed by atoms with E-state index in [1.165, 1.54) is 19.4 Å². The Balaban J connectivity index is 2.72. The number of hydrogen-bond donors (Lipinski definition) is 1. The Morgan fingerprint density at radius 1 is 1.20 bits per heavy atom. The van der Waals surface area contributed by atoms with Gasteiger partial charge in [0.15, 0.2) is 0 Å². The summed E-state index contributed by atoms with van der Waals surface area (Å²) in [5.41, 5.74) is 0.985. The number of ether oxygens (including phenoxy) is 1. The number of methoxy groups -OCH3 is 1. The lowest BCUT2D eigenvalue weighted by Crippen LogP contribution is -2.28. The fraction of sp³-hybridized carbons (Fsp3) is 0.200. The number of esters is 1. The van der Waals surface area contributed by atoms with E-state index in [0.717, 1.165) is 5.56 Å². The Kier molecular flexibility index (Phi) is 6.03. The van der Waals surface area contributed by atoms with Gasteiger partial charge < -0.3 is 15.0 Å². The zero-order chi connectivity index (χ0) is 15.0. The molecule has 1 rings (SSSR count). The van der Waals surface area contributed by atoms with E-state index in [0.29, 0.717) is 0 Å². The molecule has 0 aliphatic rings. The van der Waals surface area contributed by atoms with Crippen LogP contribution in [0.5, 0.6) is 0 Å². The molecule has 0 saturated carbocycles. The summed E-state index contributed by atoms with van der Waals surface area (Å²) in [4.78, 5) is 24.9. The lowest BCUT2D eigenvalue weighted by Gasteiger charge is -2.10. The zero-order valence-corrected chi connectivity index (χ0v) is 11.8. The minimum atomic E-state index is -0.597. The number of nitrogens with one attached hydrogen (secondary N) is 1. The van der Waals surface area contributed by atoms with Crippen LogP contribution < -0.4 is 5.32 Å². The Morgan fingerprint density at radius 2 is 1.85 bits per heavy atom. The predicted octanol–water partition coefficient (Wildman–Crippen LogP) is 1.39. The number of amides is 1. The van der Waals surface area contributed by atoms with Crippen molar-refractivity contribution in [2.45, 2.75) is 0 Å². The number of carbonyl (C=O) groups excluding carboxylic acids is 2. The molecule has 0 aliphatic carbocycles. The lowest BCUT2D eigenvalue weighted by atomic mass is 10.2. The highest BCUT2D eigenvalue weighted by Gasteiger charge is 2.12. The topological polar surface area (TPSA) is 58.6 Å². The monoisotopic (exact) mass is 274 g/mol. The minimum absolute atomic E-state index is 0.0835. The number of nitrogens with zero attached hydrogens (tertiary/aromatic N) is 1. The second-order valence-electron chi connectivity index (χ2n) is 4.23. The molecule has 0 atom stereocenters. The Morgan fingerprint density at radius 3 is 2.40 bits per heavy atom. The third-order valence-electron chi connectivity index (χ3n) is 2.28. The summed E-state index contributed by atoms with van der Waals surface area (Å²) in [6, 6.07) is 9.40. The molecule has 106 valence electrons. The van der Waals surface area contributed by atoms with Crippen molar-refractivity contribution in [2.24, 2.45) is 0 Å². The van der Waals surface area contributed by atoms with E-state index in [9.17, 15) is 9.59 Å². The molecule has 5 heteroatoms. The van der Waals surface area contributed by atoms with Crippen molar-refractivity contribution < 1.29 is 14.3 Å². The van der Waals surface area contributed by atoms with Crippen molar-refractivity contribution >= 4 is 18.0 Å². The zero-order valence-electron chi connectivity index (χ0n) is 11.8. The van der Waals surface area contributed by atoms with Gasteiger partial charge in [0.1, 0.15) is 5.70 Å². The van der Waals surface area contributed by atoms with E-state index in [4.69, 9.17) is 0 Å². The van der Waals surface area contributed by atoms with E-state index in [1.807, 2.05) is 30.3 Å². The van der Waals surface area contributed by atoms with Gasteiger partial charge >= 0.3 is 5.97 Å². The first kappa shape index (κ1) is 15.5. The van der Waals surface area contributed by atoms with E-state index >= 15 is 0 Å². The number of rotatable bonds is 5. The third kappa shape index (κ3) is 5.39. The molecule has 0 spiro atoms. The van der Waals surface area contributed by atoms with Crippen LogP contribution in [0.4, 0.5) is 0 Å². The molecule has 0 unspecified atom stereocenters. The van der Waals surface area contributed by atoms with Crippen LogP contribution in [0, 0.1) is 0 Å². The first-order valence-electron chi connectivity index (χ1n) is 6.03. The lowest BCUT2D eigenvalue weighted by molar-refractivity contribution is -0.137. The summed E-state index contributed by atoms with van der Waals surface area (Å²) in [6.45, 7) is 0. The van der Waals surface area contributed by atoms with Gasteiger partial charge in [-0.05, 0) is 11.6 Å². The minimum Gasteiger partial charge on any atom is -0.464 e. The van der Waals surface area contributed by atoms with Crippen molar-refractivity contribution in [3.63, 3.8) is 0 Å². The van der Waals surface area contributed by atoms with Crippen LogP contribution in [0.25, 0.3) is 6.08 Å². The molecule has 0 aliphatic heterocycles. The highest BCUT2D eigenvalue weighted by molar-refractivity contribution is 5.99. The second kappa shape index (κ2) is 7.78. The van der Waals surface area contributed by atoms with Crippen LogP contribution in [-0.2, 0) is 14.3 Å². The number of carbonyl (C=O) groups is 2. The molecule has 0 radical (unpaired) electrons. The van der Waals surface area contributed by atoms with Crippen LogP contribution in [0.15, 0.2) is 48.3 Å². The van der Waals surface area contributed by atoms with E-state index in [1.54, 1.807) is 25.1 Å². The summed E-state index contributed by atoms with van der Waals surface area (Å²) in [5.74, 6) is -0.993. The van der Waals surface area contributed by atoms with E-state index in [-0.39, 0.29) is 5.70 Å². The van der Waals surface area contributed by atoms with Gasteiger partial charge in [-0.1, -0.05) is 30.3 Å². The van der Waals surface area contributed by atoms with Gasteiger partial charge in [0.05, 0.1) is 7.11 Å². The SMILES string of the molecule is COC(=O)/C(=C\N(C)C)NC(=O)/C=C/c1ccccc1. The molecule has 1 N–H and O–H groups in total. The van der Waals surface area contributed by atoms with Gasteiger partial charge in [-0.3, -0.25) is 4.79 Å². The fourth-order valence-corrected chi connectivity index (χ4v) is 1.41. The average molecular weight is 274 g/mol. The largest absolute Gasteiger partial charge is 0.464 e. The van der Waals surface area contributed by atoms with Crippen molar-refractivity contribution in [2.75, 3.05) is 21.2 Å². The van der Waals surface area contributed by atoms with Crippen LogP contribution in [0.1, 0.15) is 5.56 Å². The maximum atomic E-state index is 11.8. The second-order valence-corrected chi connectivity index (χ2v) is 4.23. The van der Waals surface area contributed by atoms with E-state index in [2.05, 4.69) is 10.1 Å². The van der Waals surface area contributed by atoms with Gasteiger partial charge in [0, 0.05) is 26.4 Å². The van der Waals surface area contributed by atoms with Gasteiger partial charge in [0.25, 0.3) is 0 Å². The molecule has 1 aromatic carbocycles. The maximum Gasteiger partial charge on any atom is 0.356 e. The molecule has 1 aromatic rings. The molecule has 0 heterocycles. The summed E-state index contributed by atoms with van der Waals surface area (Å²) in [7, 11) is 4.75. The molecule has 20 heavy (non-hydrogen) atoms. The summed E-state index contributed by atoms with van der Waals surface area (Å²) >= 11 is 0. The van der Waals surface area contributed by atoms with Crippen LogP contribution in [-0.4, -0.2) is 38.0 Å². The molecule has 0 bridgehead atoms. The quantitative estimate of drug-likeness (QED) is 0.651. The van der Waals surface area contributed by atoms with E-state index < -0.39 is 11.9 Å². The maximum absolute atomic E-state index is 11.8. The summed E-state index contributed by atoms with van der Waals surface area (Å²) < 4.78 is 4.60. The van der Waals surface area contributed by atoms with Gasteiger partial charge in [-0.2, -0.15) is 0 Å². The molecule has 5 nitrogen and oxygen atoms in total. The van der Waals surface area contributed by atoms with Crippen molar-refractivity contribution in [3.8, 4) is 0 Å². The highest BCUT2D eigenvalue weighted by atomic mass is 16.5. The number of hydrogen-bond acceptors (Lipinski definition) is 4. The molecule has 0 aromatic heterocycles. The summed E-state index contributed by atoms with van der Waals surface area (Å²) in [6.07, 6.45) is 4.52. The van der Waals surface area contributed by atoms with Crippen molar-refractivity contribution in [3.05, 3.63) is 53.9 Å². The summed E-state index contributed by atoms with van der Waals surface area (Å²) in [5, 5.41) is 2.49. The smallest absolute Gasteiger partial charge is 0.356 e. The van der Waals surface area contributed by atoms with Crippen molar-refractivity contribution in [1.82, 2.24) is 10.2 Å². The molecule has 1 amide bonds. The normalized spacial score (nSPS) is 11.2. The van der Waals surface area contributed by atoms with Gasteiger partial charge in [-0.15, -0.1) is 0 Å². The first-order valence-corrected chi connectivity index (χ1v) is 6.03. The standard InChI is InChI=1S/C15H18N2O3/c1-17(2)11-13(15(19)20-3)16-14(18)10-9-12-7-5-4-6-8-12/h4-11H,1-3H3,(H,16,18)/b10-9+,13-11+. The highest BCUT2D eigenvalue weighted by Crippen LogP contribution is 2.01. The first-order chi connectivity index (χ1) is 9.52. The number of benzene rings is 1. The molecular formula is C15H18N2O3. The predicted molar refractivity (Wildman–Crippen MR) is 77.4 cm³/mol. The Bertz CT molecular complexity index is 519. The average Bonchev–Trinajstić information content (AvgIpc) is 2.44.